The van der Waals surface area contributed by atoms with Crippen molar-refractivity contribution in [3.05, 3.63) is 28.3 Å². The van der Waals surface area contributed by atoms with Crippen molar-refractivity contribution in [3.63, 3.8) is 0 Å². The minimum Gasteiger partial charge on any atom is -0.497 e. The van der Waals surface area contributed by atoms with E-state index in [0.29, 0.717) is 0 Å². The van der Waals surface area contributed by atoms with Gasteiger partial charge in [0, 0.05) is 0 Å². The molecule has 0 aliphatic carbocycles. The highest BCUT2D eigenvalue weighted by atomic mass is 32.2. The maximum atomic E-state index is 10.7. The third-order valence-corrected chi connectivity index (χ3v) is 2.27. The number of ether oxygens (including phenoxy) is 1. The Bertz CT molecular complexity index is 392. The van der Waals surface area contributed by atoms with Gasteiger partial charge in [-0.1, -0.05) is 0 Å². The molecule has 1 rings (SSSR count). The zero-order valence-corrected chi connectivity index (χ0v) is 7.98. The van der Waals surface area contributed by atoms with Crippen LogP contribution in [-0.2, 0) is 11.1 Å². The molecule has 0 spiro atoms. The molecule has 0 amide bonds. The molecule has 0 fully saturated rings. The summed E-state index contributed by atoms with van der Waals surface area (Å²) in [6.07, 6.45) is 0. The molecule has 0 saturated carbocycles. The van der Waals surface area contributed by atoms with E-state index in [4.69, 9.17) is 9.29 Å². The zero-order chi connectivity index (χ0) is 10.7. The Kier molecular flexibility index (Phi) is 3.15. The third kappa shape index (κ3) is 2.06. The average molecular weight is 217 g/mol. The van der Waals surface area contributed by atoms with Crippen LogP contribution in [0, 0.1) is 10.1 Å². The van der Waals surface area contributed by atoms with E-state index in [9.17, 15) is 14.3 Å². The van der Waals surface area contributed by atoms with Gasteiger partial charge in [0.1, 0.15) is 10.6 Å². The van der Waals surface area contributed by atoms with Gasteiger partial charge >= 0.3 is 0 Å². The molecule has 6 nitrogen and oxygen atoms in total. The van der Waals surface area contributed by atoms with Crippen molar-refractivity contribution in [1.29, 1.82) is 0 Å². The van der Waals surface area contributed by atoms with Gasteiger partial charge in [-0.25, -0.2) is 4.21 Å². The molecule has 1 unspecified atom stereocenters. The molecule has 1 aromatic rings. The van der Waals surface area contributed by atoms with E-state index in [0.717, 1.165) is 6.07 Å². The molecule has 1 atom stereocenters. The van der Waals surface area contributed by atoms with Crippen molar-refractivity contribution in [2.45, 2.75) is 4.90 Å². The van der Waals surface area contributed by atoms with Crippen molar-refractivity contribution in [3.8, 4) is 5.75 Å². The van der Waals surface area contributed by atoms with Crippen LogP contribution < -0.4 is 4.74 Å². The number of rotatable bonds is 3. The number of hydrogen-bond acceptors (Lipinski definition) is 4. The molecule has 1 N–H and O–H groups in total. The molecule has 7 heteroatoms. The summed E-state index contributed by atoms with van der Waals surface area (Å²) in [5.74, 6) is 0.269. The van der Waals surface area contributed by atoms with Crippen molar-refractivity contribution in [2.75, 3.05) is 7.11 Å². The van der Waals surface area contributed by atoms with Crippen LogP contribution in [0.5, 0.6) is 5.75 Å². The molecule has 0 heterocycles. The Morgan fingerprint density at radius 1 is 1.57 bits per heavy atom. The summed E-state index contributed by atoms with van der Waals surface area (Å²) in [7, 11) is 1.36. The van der Waals surface area contributed by atoms with Gasteiger partial charge in [-0.3, -0.25) is 10.1 Å². The molecule has 0 aliphatic heterocycles. The van der Waals surface area contributed by atoms with Gasteiger partial charge in [0.15, 0.2) is 11.1 Å². The van der Waals surface area contributed by atoms with Crippen LogP contribution in [0.2, 0.25) is 0 Å². The molecule has 76 valence electrons. The number of nitrogens with zero attached hydrogens (tertiary/aromatic N) is 1. The minimum atomic E-state index is -2.37. The number of hydrogen-bond donors (Lipinski definition) is 1. The second-order valence-electron chi connectivity index (χ2n) is 2.34. The molecule has 0 saturated heterocycles. The summed E-state index contributed by atoms with van der Waals surface area (Å²) in [5, 5.41) is 10.5. The number of nitro benzene ring substituents is 1. The van der Waals surface area contributed by atoms with Crippen LogP contribution in [0.1, 0.15) is 0 Å². The average Bonchev–Trinajstić information content (AvgIpc) is 2.16. The van der Waals surface area contributed by atoms with Gasteiger partial charge in [0.05, 0.1) is 18.1 Å². The normalized spacial score (nSPS) is 12.1. The van der Waals surface area contributed by atoms with Gasteiger partial charge in [0.25, 0.3) is 5.69 Å². The van der Waals surface area contributed by atoms with Crippen LogP contribution >= 0.6 is 0 Å². The molecular weight excluding hydrogens is 210 g/mol. The Hall–Kier alpha value is -1.47. The SMILES string of the molecule is COc1ccc(S(=O)O)c([N+](=O)[O-])c1. The van der Waals surface area contributed by atoms with Crippen LogP contribution in [0.25, 0.3) is 0 Å². The van der Waals surface area contributed by atoms with E-state index in [-0.39, 0.29) is 10.6 Å². The fraction of sp³-hybridized carbons (Fsp3) is 0.143. The molecule has 1 aromatic carbocycles. The van der Waals surface area contributed by atoms with Crippen molar-refractivity contribution < 1.29 is 18.4 Å². The van der Waals surface area contributed by atoms with Crippen LogP contribution in [0.15, 0.2) is 23.1 Å². The van der Waals surface area contributed by atoms with Gasteiger partial charge in [-0.2, -0.15) is 0 Å². The van der Waals surface area contributed by atoms with Crippen molar-refractivity contribution in [1.82, 2.24) is 0 Å². The monoisotopic (exact) mass is 217 g/mol. The van der Waals surface area contributed by atoms with E-state index >= 15 is 0 Å². The quantitative estimate of drug-likeness (QED) is 0.466. The van der Waals surface area contributed by atoms with E-state index in [1.165, 1.54) is 19.2 Å². The summed E-state index contributed by atoms with van der Waals surface area (Å²) in [6.45, 7) is 0. The predicted octanol–water partition coefficient (Wildman–Crippen LogP) is 1.18. The van der Waals surface area contributed by atoms with Crippen LogP contribution in [-0.4, -0.2) is 20.8 Å². The Morgan fingerprint density at radius 2 is 2.21 bits per heavy atom. The minimum absolute atomic E-state index is 0.240. The third-order valence-electron chi connectivity index (χ3n) is 1.55. The molecule has 14 heavy (non-hydrogen) atoms. The maximum Gasteiger partial charge on any atom is 0.291 e. The second-order valence-corrected chi connectivity index (χ2v) is 3.28. The van der Waals surface area contributed by atoms with Gasteiger partial charge in [-0.15, -0.1) is 0 Å². The highest BCUT2D eigenvalue weighted by Gasteiger charge is 2.18. The lowest BCUT2D eigenvalue weighted by molar-refractivity contribution is -0.387. The number of methoxy groups -OCH3 is 1. The zero-order valence-electron chi connectivity index (χ0n) is 7.17. The summed E-state index contributed by atoms with van der Waals surface area (Å²) in [5.41, 5.74) is -0.426. The fourth-order valence-electron chi connectivity index (χ4n) is 0.914. The first-order valence-electron chi connectivity index (χ1n) is 3.49. The summed E-state index contributed by atoms with van der Waals surface area (Å²) in [4.78, 5) is 9.53. The Balaban J connectivity index is 3.31. The lowest BCUT2D eigenvalue weighted by atomic mass is 10.3. The molecule has 0 aliphatic rings. The fourth-order valence-corrected chi connectivity index (χ4v) is 1.41. The second kappa shape index (κ2) is 4.16. The first-order valence-corrected chi connectivity index (χ1v) is 4.60. The Morgan fingerprint density at radius 3 is 2.64 bits per heavy atom. The standard InChI is InChI=1S/C7H7NO5S/c1-13-5-2-3-7(14(11)12)6(4-5)8(9)10/h2-4H,1H3,(H,11,12). The largest absolute Gasteiger partial charge is 0.497 e. The number of benzene rings is 1. The first kappa shape index (κ1) is 10.6. The lowest BCUT2D eigenvalue weighted by Gasteiger charge is -2.01. The van der Waals surface area contributed by atoms with E-state index in [2.05, 4.69) is 0 Å². The van der Waals surface area contributed by atoms with E-state index in [1.807, 2.05) is 0 Å². The highest BCUT2D eigenvalue weighted by molar-refractivity contribution is 7.79. The smallest absolute Gasteiger partial charge is 0.291 e. The van der Waals surface area contributed by atoms with Crippen LogP contribution in [0.4, 0.5) is 5.69 Å². The predicted molar refractivity (Wildman–Crippen MR) is 48.7 cm³/mol. The van der Waals surface area contributed by atoms with Crippen molar-refractivity contribution >= 4 is 16.8 Å². The molecule has 0 bridgehead atoms. The summed E-state index contributed by atoms with van der Waals surface area (Å²) >= 11 is -2.37. The van der Waals surface area contributed by atoms with E-state index in [1.54, 1.807) is 0 Å². The Labute approximate surface area is 81.9 Å². The lowest BCUT2D eigenvalue weighted by Crippen LogP contribution is -1.98. The maximum absolute atomic E-state index is 10.7. The topological polar surface area (TPSA) is 89.7 Å². The van der Waals surface area contributed by atoms with Crippen LogP contribution in [0.3, 0.4) is 0 Å². The molecular formula is C7H7NO5S. The van der Waals surface area contributed by atoms with Crippen molar-refractivity contribution in [2.24, 2.45) is 0 Å². The van der Waals surface area contributed by atoms with Gasteiger partial charge < -0.3 is 9.29 Å². The van der Waals surface area contributed by atoms with E-state index < -0.39 is 21.7 Å². The number of nitro groups is 1. The van der Waals surface area contributed by atoms with Gasteiger partial charge in [-0.05, 0) is 12.1 Å². The summed E-state index contributed by atoms with van der Waals surface area (Å²) < 4.78 is 24.2. The molecule has 0 aromatic heterocycles. The molecule has 0 radical (unpaired) electrons. The highest BCUT2D eigenvalue weighted by Crippen LogP contribution is 2.26. The first-order chi connectivity index (χ1) is 6.56. The summed E-state index contributed by atoms with van der Waals surface area (Å²) in [6, 6.07) is 3.67. The van der Waals surface area contributed by atoms with Gasteiger partial charge in [0.2, 0.25) is 0 Å².